The van der Waals surface area contributed by atoms with Crippen LogP contribution in [0.3, 0.4) is 0 Å². The van der Waals surface area contributed by atoms with Crippen LogP contribution >= 0.6 is 0 Å². The molecule has 0 radical (unpaired) electrons. The van der Waals surface area contributed by atoms with Crippen LogP contribution in [0.2, 0.25) is 39.3 Å². The van der Waals surface area contributed by atoms with Gasteiger partial charge >= 0.3 is 5.97 Å². The molecule has 1 aromatic carbocycles. The molecule has 1 unspecified atom stereocenters. The zero-order valence-corrected chi connectivity index (χ0v) is 16.8. The normalized spacial score (nSPS) is 13.6. The minimum atomic E-state index is -1.90. The van der Waals surface area contributed by atoms with Crippen LogP contribution < -0.4 is 9.72 Å². The molecule has 0 saturated carbocycles. The van der Waals surface area contributed by atoms with Crippen LogP contribution in [0, 0.1) is 0 Å². The summed E-state index contributed by atoms with van der Waals surface area (Å²) in [5, 5.41) is 0. The first kappa shape index (κ1) is 18.9. The Hall–Kier alpha value is -1.12. The molecule has 1 N–H and O–H groups in total. The number of hydrogen-bond donors (Lipinski definition) is 1. The summed E-state index contributed by atoms with van der Waals surface area (Å²) in [6.07, 6.45) is 0.581. The molecular weight excluding hydrogens is 310 g/mol. The zero-order valence-electron chi connectivity index (χ0n) is 14.8. The molecule has 0 spiro atoms. The maximum atomic E-state index is 12.6. The second-order valence-corrected chi connectivity index (χ2v) is 16.7. The summed E-state index contributed by atoms with van der Waals surface area (Å²) in [4.78, 5) is 16.1. The molecule has 0 aliphatic carbocycles. The van der Waals surface area contributed by atoms with E-state index in [-0.39, 0.29) is 12.0 Å². The largest absolute Gasteiger partial charge is 0.519 e. The van der Waals surface area contributed by atoms with E-state index in [1.165, 1.54) is 0 Å². The van der Waals surface area contributed by atoms with Gasteiger partial charge in [0.1, 0.15) is 20.0 Å². The number of carbonyl (C=O) groups is 1. The molecule has 6 heteroatoms. The second kappa shape index (κ2) is 7.43. The molecule has 0 amide bonds. The average molecular weight is 340 g/mol. The number of benzene rings is 1. The third-order valence-electron chi connectivity index (χ3n) is 2.92. The SMILES string of the molecule is COc1ccccc1CC(N[Si](C)(C)C)C(=O)O[Si](C)(C)C. The van der Waals surface area contributed by atoms with Crippen LogP contribution in [0.5, 0.6) is 5.75 Å². The predicted octanol–water partition coefficient (Wildman–Crippen LogP) is 3.41. The van der Waals surface area contributed by atoms with Crippen LogP contribution in [0.15, 0.2) is 24.3 Å². The fourth-order valence-corrected chi connectivity index (χ4v) is 4.19. The van der Waals surface area contributed by atoms with Gasteiger partial charge in [-0.15, -0.1) is 0 Å². The molecule has 4 nitrogen and oxygen atoms in total. The molecule has 0 fully saturated rings. The Labute approximate surface area is 136 Å². The van der Waals surface area contributed by atoms with Crippen molar-refractivity contribution in [1.29, 1.82) is 0 Å². The lowest BCUT2D eigenvalue weighted by Crippen LogP contribution is -2.54. The number of rotatable bonds is 7. The average Bonchev–Trinajstić information content (AvgIpc) is 2.35. The topological polar surface area (TPSA) is 47.6 Å². The first-order valence-corrected chi connectivity index (χ1v) is 14.5. The fourth-order valence-electron chi connectivity index (χ4n) is 2.18. The molecule has 22 heavy (non-hydrogen) atoms. The lowest BCUT2D eigenvalue weighted by atomic mass is 10.1. The van der Waals surface area contributed by atoms with Crippen LogP contribution in [-0.4, -0.2) is 35.7 Å². The zero-order chi connectivity index (χ0) is 17.0. The van der Waals surface area contributed by atoms with Crippen molar-refractivity contribution in [2.24, 2.45) is 0 Å². The number of ether oxygens (including phenoxy) is 1. The van der Waals surface area contributed by atoms with E-state index in [1.54, 1.807) is 7.11 Å². The summed E-state index contributed by atoms with van der Waals surface area (Å²) in [7, 11) is -1.87. The number of para-hydroxylation sites is 1. The van der Waals surface area contributed by atoms with Gasteiger partial charge in [0.05, 0.1) is 7.11 Å². The Kier molecular flexibility index (Phi) is 6.40. The van der Waals surface area contributed by atoms with Crippen molar-refractivity contribution in [2.45, 2.75) is 51.7 Å². The van der Waals surface area contributed by atoms with Gasteiger partial charge in [0, 0.05) is 6.42 Å². The maximum absolute atomic E-state index is 12.6. The monoisotopic (exact) mass is 339 g/mol. The maximum Gasteiger partial charge on any atom is 0.309 e. The van der Waals surface area contributed by atoms with Crippen molar-refractivity contribution in [3.05, 3.63) is 29.8 Å². The molecule has 1 aromatic rings. The predicted molar refractivity (Wildman–Crippen MR) is 96.4 cm³/mol. The van der Waals surface area contributed by atoms with Crippen LogP contribution in [0.4, 0.5) is 0 Å². The van der Waals surface area contributed by atoms with Crippen molar-refractivity contribution < 1.29 is 14.0 Å². The van der Waals surface area contributed by atoms with E-state index in [1.807, 2.05) is 43.9 Å². The molecule has 0 heterocycles. The van der Waals surface area contributed by atoms with Gasteiger partial charge in [-0.3, -0.25) is 4.79 Å². The number of hydrogen-bond acceptors (Lipinski definition) is 4. The highest BCUT2D eigenvalue weighted by Gasteiger charge is 2.30. The quantitative estimate of drug-likeness (QED) is 0.773. The molecular formula is C16H29NO3Si2. The number of nitrogens with one attached hydrogen (secondary N) is 1. The Balaban J connectivity index is 2.98. The van der Waals surface area contributed by atoms with E-state index in [0.717, 1.165) is 11.3 Å². The van der Waals surface area contributed by atoms with Crippen molar-refractivity contribution in [3.8, 4) is 5.75 Å². The summed E-state index contributed by atoms with van der Waals surface area (Å²) in [5.74, 6) is 0.665. The summed E-state index contributed by atoms with van der Waals surface area (Å²) in [6.45, 7) is 12.6. The van der Waals surface area contributed by atoms with Crippen molar-refractivity contribution >= 4 is 22.5 Å². The summed E-state index contributed by atoms with van der Waals surface area (Å²) in [5.41, 5.74) is 1.02. The van der Waals surface area contributed by atoms with Gasteiger partial charge < -0.3 is 14.1 Å². The van der Waals surface area contributed by atoms with Gasteiger partial charge in [-0.05, 0) is 31.3 Å². The molecule has 0 aliphatic heterocycles. The number of carbonyl (C=O) groups excluding carboxylic acids is 1. The molecule has 124 valence electrons. The van der Waals surface area contributed by atoms with Gasteiger partial charge in [0.15, 0.2) is 0 Å². The van der Waals surface area contributed by atoms with E-state index in [4.69, 9.17) is 9.16 Å². The highest BCUT2D eigenvalue weighted by molar-refractivity contribution is 6.74. The third kappa shape index (κ3) is 6.76. The van der Waals surface area contributed by atoms with Gasteiger partial charge in [0.2, 0.25) is 8.32 Å². The number of methoxy groups -OCH3 is 1. The molecule has 1 atom stereocenters. The van der Waals surface area contributed by atoms with Crippen LogP contribution in [0.25, 0.3) is 0 Å². The fraction of sp³-hybridized carbons (Fsp3) is 0.562. The van der Waals surface area contributed by atoms with Crippen LogP contribution in [-0.2, 0) is 15.6 Å². The molecule has 0 saturated heterocycles. The molecule has 0 aromatic heterocycles. The van der Waals surface area contributed by atoms with Crippen LogP contribution in [0.1, 0.15) is 5.56 Å². The van der Waals surface area contributed by atoms with E-state index in [0.29, 0.717) is 6.42 Å². The van der Waals surface area contributed by atoms with Gasteiger partial charge in [0.25, 0.3) is 0 Å². The van der Waals surface area contributed by atoms with Gasteiger partial charge in [-0.25, -0.2) is 0 Å². The standard InChI is InChI=1S/C16H29NO3Si2/c1-19-15-11-9-8-10-13(15)12-14(17-21(2,3)4)16(18)20-22(5,6)7/h8-11,14,17H,12H2,1-7H3. The van der Waals surface area contributed by atoms with Crippen molar-refractivity contribution in [3.63, 3.8) is 0 Å². The van der Waals surface area contributed by atoms with Gasteiger partial charge in [-0.1, -0.05) is 37.8 Å². The highest BCUT2D eigenvalue weighted by Crippen LogP contribution is 2.20. The van der Waals surface area contributed by atoms with E-state index in [2.05, 4.69) is 24.6 Å². The Morgan fingerprint density at radius 2 is 1.73 bits per heavy atom. The van der Waals surface area contributed by atoms with Crippen molar-refractivity contribution in [2.75, 3.05) is 7.11 Å². The second-order valence-electron chi connectivity index (χ2n) is 7.50. The molecule has 0 bridgehead atoms. The van der Waals surface area contributed by atoms with E-state index >= 15 is 0 Å². The minimum Gasteiger partial charge on any atom is -0.519 e. The molecule has 1 rings (SSSR count). The van der Waals surface area contributed by atoms with E-state index < -0.39 is 16.6 Å². The third-order valence-corrected chi connectivity index (χ3v) is 4.94. The summed E-state index contributed by atoms with van der Waals surface area (Å²) >= 11 is 0. The highest BCUT2D eigenvalue weighted by atomic mass is 28.4. The summed E-state index contributed by atoms with van der Waals surface area (Å²) in [6, 6.07) is 7.50. The first-order valence-electron chi connectivity index (χ1n) is 7.64. The smallest absolute Gasteiger partial charge is 0.309 e. The lowest BCUT2D eigenvalue weighted by molar-refractivity contribution is -0.137. The lowest BCUT2D eigenvalue weighted by Gasteiger charge is -2.29. The van der Waals surface area contributed by atoms with Crippen molar-refractivity contribution in [1.82, 2.24) is 4.98 Å². The minimum absolute atomic E-state index is 0.146. The Morgan fingerprint density at radius 1 is 1.14 bits per heavy atom. The van der Waals surface area contributed by atoms with E-state index in [9.17, 15) is 4.79 Å². The Bertz CT molecular complexity index is 507. The Morgan fingerprint density at radius 3 is 2.23 bits per heavy atom. The first-order chi connectivity index (χ1) is 10.0. The summed E-state index contributed by atoms with van der Waals surface area (Å²) < 4.78 is 11.1. The molecule has 0 aliphatic rings. The van der Waals surface area contributed by atoms with Gasteiger partial charge in [-0.2, -0.15) is 0 Å².